The van der Waals surface area contributed by atoms with E-state index >= 15 is 0 Å². The normalized spacial score (nSPS) is 23.0. The topological polar surface area (TPSA) is 58.4 Å². The van der Waals surface area contributed by atoms with Gasteiger partial charge in [0.2, 0.25) is 0 Å². The van der Waals surface area contributed by atoms with Crippen molar-refractivity contribution in [2.75, 3.05) is 11.5 Å². The molecule has 2 aliphatic heterocycles. The van der Waals surface area contributed by atoms with Crippen molar-refractivity contribution in [1.29, 1.82) is 0 Å². The van der Waals surface area contributed by atoms with E-state index in [-0.39, 0.29) is 5.91 Å². The van der Waals surface area contributed by atoms with Crippen molar-refractivity contribution in [3.8, 4) is 11.3 Å². The molecule has 1 aromatic heterocycles. The van der Waals surface area contributed by atoms with Crippen LogP contribution >= 0.6 is 46.7 Å². The summed E-state index contributed by atoms with van der Waals surface area (Å²) >= 11 is 16.2. The van der Waals surface area contributed by atoms with E-state index in [0.29, 0.717) is 43.4 Å². The molecule has 24 heavy (non-hydrogen) atoms. The molecular weight excluding hydrogens is 389 g/mol. The molecule has 2 bridgehead atoms. The highest BCUT2D eigenvalue weighted by Gasteiger charge is 2.42. The van der Waals surface area contributed by atoms with Gasteiger partial charge in [0.15, 0.2) is 0 Å². The van der Waals surface area contributed by atoms with Crippen molar-refractivity contribution < 1.29 is 9.32 Å². The SMILES string of the molecule is Cc1onc(-c2c(Cl)cccc2Cl)c1C(=O)NN1[C@@H]2CS[C@H]1CS2. The second-order valence-electron chi connectivity index (χ2n) is 5.48. The summed E-state index contributed by atoms with van der Waals surface area (Å²) in [5.41, 5.74) is 4.24. The van der Waals surface area contributed by atoms with E-state index in [1.165, 1.54) is 0 Å². The number of carbonyl (C=O) groups excluding carboxylic acids is 1. The average molecular weight is 402 g/mol. The largest absolute Gasteiger partial charge is 0.360 e. The van der Waals surface area contributed by atoms with Crippen LogP contribution in [0.5, 0.6) is 0 Å². The molecule has 5 nitrogen and oxygen atoms in total. The second kappa shape index (κ2) is 6.46. The Labute approximate surface area is 157 Å². The van der Waals surface area contributed by atoms with Gasteiger partial charge in [-0.25, -0.2) is 0 Å². The molecule has 1 aromatic carbocycles. The van der Waals surface area contributed by atoms with Gasteiger partial charge >= 0.3 is 0 Å². The second-order valence-corrected chi connectivity index (χ2v) is 8.72. The molecule has 1 N–H and O–H groups in total. The number of amides is 1. The number of nitrogens with zero attached hydrogens (tertiary/aromatic N) is 2. The molecule has 2 aliphatic rings. The van der Waals surface area contributed by atoms with Crippen molar-refractivity contribution in [1.82, 2.24) is 15.6 Å². The van der Waals surface area contributed by atoms with Gasteiger partial charge in [0.05, 0.1) is 20.8 Å². The lowest BCUT2D eigenvalue weighted by molar-refractivity contribution is 0.0797. The summed E-state index contributed by atoms with van der Waals surface area (Å²) in [7, 11) is 0. The van der Waals surface area contributed by atoms with E-state index in [2.05, 4.69) is 10.6 Å². The minimum absolute atomic E-state index is 0.250. The van der Waals surface area contributed by atoms with E-state index in [1.54, 1.807) is 25.1 Å². The number of nitrogens with one attached hydrogen (secondary N) is 1. The summed E-state index contributed by atoms with van der Waals surface area (Å²) in [6, 6.07) is 5.17. The third-order valence-corrected chi connectivity index (χ3v) is 7.63. The fourth-order valence-corrected chi connectivity index (χ4v) is 6.55. The van der Waals surface area contributed by atoms with Gasteiger partial charge in [-0.05, 0) is 19.1 Å². The Bertz CT molecular complexity index is 774. The van der Waals surface area contributed by atoms with Crippen LogP contribution in [-0.4, -0.2) is 38.3 Å². The van der Waals surface area contributed by atoms with Crippen LogP contribution in [0.25, 0.3) is 11.3 Å². The van der Waals surface area contributed by atoms with Gasteiger partial charge in [-0.2, -0.15) is 5.01 Å². The Morgan fingerprint density at radius 2 is 1.92 bits per heavy atom. The maximum absolute atomic E-state index is 12.9. The van der Waals surface area contributed by atoms with Gasteiger partial charge in [-0.1, -0.05) is 34.4 Å². The fraction of sp³-hybridized carbons (Fsp3) is 0.333. The maximum atomic E-state index is 12.9. The summed E-state index contributed by atoms with van der Waals surface area (Å²) in [4.78, 5) is 12.9. The number of halogens is 2. The molecule has 2 atom stereocenters. The van der Waals surface area contributed by atoms with Gasteiger partial charge in [0, 0.05) is 17.1 Å². The molecule has 0 unspecified atom stereocenters. The Morgan fingerprint density at radius 3 is 2.50 bits per heavy atom. The number of aryl methyl sites for hydroxylation is 1. The van der Waals surface area contributed by atoms with Crippen LogP contribution in [-0.2, 0) is 0 Å². The molecule has 0 aliphatic carbocycles. The van der Waals surface area contributed by atoms with Crippen molar-refractivity contribution in [3.63, 3.8) is 0 Å². The fourth-order valence-electron chi connectivity index (χ4n) is 2.84. The summed E-state index contributed by atoms with van der Waals surface area (Å²) in [5.74, 6) is 2.22. The number of aromatic nitrogens is 1. The highest BCUT2D eigenvalue weighted by molar-refractivity contribution is 8.07. The minimum Gasteiger partial charge on any atom is -0.360 e. The molecule has 2 aromatic rings. The number of carbonyl (C=O) groups is 1. The van der Waals surface area contributed by atoms with E-state index in [4.69, 9.17) is 27.7 Å². The van der Waals surface area contributed by atoms with Gasteiger partial charge < -0.3 is 4.52 Å². The quantitative estimate of drug-likeness (QED) is 0.836. The first-order valence-electron chi connectivity index (χ1n) is 7.29. The summed E-state index contributed by atoms with van der Waals surface area (Å²) in [6.07, 6.45) is 0. The predicted molar refractivity (Wildman–Crippen MR) is 98.5 cm³/mol. The molecule has 9 heteroatoms. The number of thioether (sulfide) groups is 2. The smallest absolute Gasteiger partial charge is 0.271 e. The van der Waals surface area contributed by atoms with Crippen LogP contribution in [0.4, 0.5) is 0 Å². The number of hydrogen-bond acceptors (Lipinski definition) is 6. The first kappa shape index (κ1) is 16.6. The summed E-state index contributed by atoms with van der Waals surface area (Å²) in [6.45, 7) is 1.71. The first-order valence-corrected chi connectivity index (χ1v) is 10.1. The van der Waals surface area contributed by atoms with Gasteiger partial charge in [0.25, 0.3) is 5.91 Å². The van der Waals surface area contributed by atoms with Crippen molar-refractivity contribution >= 4 is 52.6 Å². The van der Waals surface area contributed by atoms with Crippen molar-refractivity contribution in [3.05, 3.63) is 39.6 Å². The molecule has 0 spiro atoms. The molecule has 4 rings (SSSR count). The standard InChI is InChI=1S/C15H13Cl2N3O2S2/c1-7-12(15(21)18-20-10-5-23-11(20)6-24-10)14(19-22-7)13-8(16)3-2-4-9(13)17/h2-4,10-11H,5-6H2,1H3,(H,18,21)/t10-,11-/m0/s1. The number of benzene rings is 1. The van der Waals surface area contributed by atoms with Crippen molar-refractivity contribution in [2.24, 2.45) is 0 Å². The average Bonchev–Trinajstić information content (AvgIpc) is 3.22. The zero-order chi connectivity index (χ0) is 16.8. The van der Waals surface area contributed by atoms with Gasteiger partial charge in [-0.15, -0.1) is 23.5 Å². The highest BCUT2D eigenvalue weighted by atomic mass is 35.5. The van der Waals surface area contributed by atoms with E-state index in [0.717, 1.165) is 11.5 Å². The number of hydrogen-bond donors (Lipinski definition) is 1. The molecule has 2 fully saturated rings. The van der Waals surface area contributed by atoms with Crippen LogP contribution in [0, 0.1) is 6.92 Å². The summed E-state index contributed by atoms with van der Waals surface area (Å²) < 4.78 is 5.26. The lowest BCUT2D eigenvalue weighted by Crippen LogP contribution is -2.45. The lowest BCUT2D eigenvalue weighted by atomic mass is 10.1. The summed E-state index contributed by atoms with van der Waals surface area (Å²) in [5, 5.41) is 7.53. The molecule has 2 saturated heterocycles. The van der Waals surface area contributed by atoms with Crippen molar-refractivity contribution in [2.45, 2.75) is 17.7 Å². The number of rotatable bonds is 3. The van der Waals surface area contributed by atoms with Crippen LogP contribution in [0.3, 0.4) is 0 Å². The predicted octanol–water partition coefficient (Wildman–Crippen LogP) is 4.05. The highest BCUT2D eigenvalue weighted by Crippen LogP contribution is 2.43. The first-order chi connectivity index (χ1) is 11.6. The number of fused-ring (bicyclic) bond motifs is 2. The molecule has 0 radical (unpaired) electrons. The third kappa shape index (κ3) is 2.72. The zero-order valence-corrected chi connectivity index (χ0v) is 15.7. The lowest BCUT2D eigenvalue weighted by Gasteiger charge is -2.20. The van der Waals surface area contributed by atoms with Gasteiger partial charge in [-0.3, -0.25) is 10.2 Å². The van der Waals surface area contributed by atoms with Gasteiger partial charge in [0.1, 0.15) is 17.0 Å². The van der Waals surface area contributed by atoms with Crippen LogP contribution in [0.15, 0.2) is 22.7 Å². The zero-order valence-electron chi connectivity index (χ0n) is 12.6. The van der Waals surface area contributed by atoms with Crippen LogP contribution in [0.2, 0.25) is 10.0 Å². The Hall–Kier alpha value is -0.860. The minimum atomic E-state index is -0.250. The molecular formula is C15H13Cl2N3O2S2. The van der Waals surface area contributed by atoms with Crippen LogP contribution in [0.1, 0.15) is 16.1 Å². The van der Waals surface area contributed by atoms with E-state index in [1.807, 2.05) is 28.5 Å². The molecule has 0 saturated carbocycles. The van der Waals surface area contributed by atoms with E-state index < -0.39 is 0 Å². The Kier molecular flexibility index (Phi) is 4.47. The van der Waals surface area contributed by atoms with E-state index in [9.17, 15) is 4.79 Å². The molecule has 126 valence electrons. The van der Waals surface area contributed by atoms with Crippen LogP contribution < -0.4 is 5.43 Å². The molecule has 3 heterocycles. The monoisotopic (exact) mass is 401 g/mol. The maximum Gasteiger partial charge on any atom is 0.271 e. The Morgan fingerprint density at radius 1 is 1.29 bits per heavy atom. The molecule has 1 amide bonds. The number of hydrazine groups is 1. The third-order valence-electron chi connectivity index (χ3n) is 4.00. The Balaban J connectivity index is 1.69.